The molecule has 0 amide bonds. The molecule has 1 fully saturated rings. The van der Waals surface area contributed by atoms with Crippen LogP contribution in [0.3, 0.4) is 0 Å². The molecule has 2 heteroatoms. The number of halogens is 1. The summed E-state index contributed by atoms with van der Waals surface area (Å²) in [5.41, 5.74) is 1.34. The lowest BCUT2D eigenvalue weighted by Gasteiger charge is -2.38. The lowest BCUT2D eigenvalue weighted by Crippen LogP contribution is -2.25. The average Bonchev–Trinajstić information content (AvgIpc) is 2.68. The SMILES string of the molecule is CCCCCCOc1ccc(CCC2(CCCCC)CCCCC2)c(F)c1. The Morgan fingerprint density at radius 1 is 0.889 bits per heavy atom. The van der Waals surface area contributed by atoms with Crippen molar-refractivity contribution in [2.75, 3.05) is 6.61 Å². The number of ether oxygens (including phenoxy) is 1. The van der Waals surface area contributed by atoms with Gasteiger partial charge in [0.2, 0.25) is 0 Å². The molecular formula is C25H41FO. The molecule has 1 saturated carbocycles. The van der Waals surface area contributed by atoms with Crippen LogP contribution in [-0.2, 0) is 6.42 Å². The normalized spacial score (nSPS) is 16.4. The number of aryl methyl sites for hydroxylation is 1. The van der Waals surface area contributed by atoms with Crippen LogP contribution in [0.5, 0.6) is 5.75 Å². The van der Waals surface area contributed by atoms with Gasteiger partial charge in [-0.05, 0) is 55.6 Å². The first-order valence-electron chi connectivity index (χ1n) is 11.6. The molecule has 154 valence electrons. The van der Waals surface area contributed by atoms with Crippen molar-refractivity contribution < 1.29 is 9.13 Å². The van der Waals surface area contributed by atoms with Gasteiger partial charge in [0.15, 0.2) is 0 Å². The van der Waals surface area contributed by atoms with Crippen molar-refractivity contribution in [3.8, 4) is 5.75 Å². The standard InChI is InChI=1S/C25H41FO/c1-3-5-7-12-20-27-23-14-13-22(24(26)21-23)15-19-25(16-9-6-4-2)17-10-8-11-18-25/h13-14,21H,3-12,15-20H2,1-2H3. The van der Waals surface area contributed by atoms with Crippen LogP contribution in [0.1, 0.15) is 109 Å². The Morgan fingerprint density at radius 2 is 1.63 bits per heavy atom. The molecule has 0 bridgehead atoms. The van der Waals surface area contributed by atoms with Crippen LogP contribution in [0.15, 0.2) is 18.2 Å². The third kappa shape index (κ3) is 7.84. The van der Waals surface area contributed by atoms with Gasteiger partial charge < -0.3 is 4.74 Å². The van der Waals surface area contributed by atoms with E-state index in [1.165, 1.54) is 77.0 Å². The monoisotopic (exact) mass is 376 g/mol. The topological polar surface area (TPSA) is 9.23 Å². The van der Waals surface area contributed by atoms with Crippen molar-refractivity contribution in [1.82, 2.24) is 0 Å². The van der Waals surface area contributed by atoms with Crippen LogP contribution in [0, 0.1) is 11.2 Å². The Labute approximate surface area is 167 Å². The van der Waals surface area contributed by atoms with E-state index in [0.29, 0.717) is 17.8 Å². The van der Waals surface area contributed by atoms with Crippen molar-refractivity contribution in [3.05, 3.63) is 29.6 Å². The molecule has 1 nitrogen and oxygen atoms in total. The summed E-state index contributed by atoms with van der Waals surface area (Å²) >= 11 is 0. The first kappa shape index (κ1) is 22.2. The third-order valence-corrected chi connectivity index (χ3v) is 6.44. The van der Waals surface area contributed by atoms with Gasteiger partial charge in [-0.15, -0.1) is 0 Å². The Bertz CT molecular complexity index is 519. The third-order valence-electron chi connectivity index (χ3n) is 6.44. The molecule has 0 unspecified atom stereocenters. The summed E-state index contributed by atoms with van der Waals surface area (Å²) < 4.78 is 20.3. The molecule has 1 aliphatic rings. The second kappa shape index (κ2) is 12.4. The fourth-order valence-corrected chi connectivity index (χ4v) is 4.62. The molecule has 27 heavy (non-hydrogen) atoms. The van der Waals surface area contributed by atoms with Crippen molar-refractivity contribution in [1.29, 1.82) is 0 Å². The second-order valence-corrected chi connectivity index (χ2v) is 8.68. The molecule has 1 aliphatic carbocycles. The fourth-order valence-electron chi connectivity index (χ4n) is 4.62. The van der Waals surface area contributed by atoms with E-state index in [2.05, 4.69) is 13.8 Å². The lowest BCUT2D eigenvalue weighted by atomic mass is 9.68. The molecule has 0 aromatic heterocycles. The molecule has 0 spiro atoms. The van der Waals surface area contributed by atoms with Crippen LogP contribution in [0.25, 0.3) is 0 Å². The van der Waals surface area contributed by atoms with Crippen molar-refractivity contribution in [3.63, 3.8) is 0 Å². The van der Waals surface area contributed by atoms with E-state index in [4.69, 9.17) is 4.74 Å². The summed E-state index contributed by atoms with van der Waals surface area (Å²) in [5.74, 6) is 0.601. The predicted octanol–water partition coefficient (Wildman–Crippen LogP) is 8.25. The average molecular weight is 377 g/mol. The van der Waals surface area contributed by atoms with E-state index in [0.717, 1.165) is 24.8 Å². The minimum absolute atomic E-state index is 0.0828. The number of benzene rings is 1. The maximum atomic E-state index is 14.6. The number of rotatable bonds is 13. The summed E-state index contributed by atoms with van der Waals surface area (Å²) in [6.07, 6.45) is 18.8. The number of hydrogen-bond acceptors (Lipinski definition) is 1. The minimum atomic E-state index is -0.0828. The van der Waals surface area contributed by atoms with Crippen molar-refractivity contribution in [2.24, 2.45) is 5.41 Å². The summed E-state index contributed by atoms with van der Waals surface area (Å²) in [6, 6.07) is 5.52. The van der Waals surface area contributed by atoms with Crippen LogP contribution in [0.4, 0.5) is 4.39 Å². The minimum Gasteiger partial charge on any atom is -0.493 e. The highest BCUT2D eigenvalue weighted by Crippen LogP contribution is 2.44. The molecule has 1 aromatic carbocycles. The van der Waals surface area contributed by atoms with E-state index in [-0.39, 0.29) is 5.82 Å². The van der Waals surface area contributed by atoms with Crippen molar-refractivity contribution in [2.45, 2.75) is 110 Å². The molecule has 0 aliphatic heterocycles. The predicted molar refractivity (Wildman–Crippen MR) is 114 cm³/mol. The molecule has 0 saturated heterocycles. The summed E-state index contributed by atoms with van der Waals surface area (Å²) in [5, 5.41) is 0. The highest BCUT2D eigenvalue weighted by Gasteiger charge is 2.31. The quantitative estimate of drug-likeness (QED) is 0.315. The molecule has 0 N–H and O–H groups in total. The van der Waals surface area contributed by atoms with E-state index < -0.39 is 0 Å². The first-order chi connectivity index (χ1) is 13.2. The largest absolute Gasteiger partial charge is 0.493 e. The molecule has 0 radical (unpaired) electrons. The van der Waals surface area contributed by atoms with Gasteiger partial charge in [0.25, 0.3) is 0 Å². The molecule has 0 heterocycles. The molecule has 0 atom stereocenters. The van der Waals surface area contributed by atoms with Crippen molar-refractivity contribution >= 4 is 0 Å². The maximum Gasteiger partial charge on any atom is 0.130 e. The maximum absolute atomic E-state index is 14.6. The van der Waals surface area contributed by atoms with Crippen LogP contribution in [0.2, 0.25) is 0 Å². The van der Waals surface area contributed by atoms with Gasteiger partial charge in [0.05, 0.1) is 6.61 Å². The van der Waals surface area contributed by atoms with Crippen LogP contribution in [-0.4, -0.2) is 6.61 Å². The number of unbranched alkanes of at least 4 members (excludes halogenated alkanes) is 5. The van der Waals surface area contributed by atoms with E-state index in [1.807, 2.05) is 12.1 Å². The smallest absolute Gasteiger partial charge is 0.130 e. The first-order valence-corrected chi connectivity index (χ1v) is 11.6. The summed E-state index contributed by atoms with van der Waals surface area (Å²) in [7, 11) is 0. The highest BCUT2D eigenvalue weighted by molar-refractivity contribution is 5.29. The molecular weight excluding hydrogens is 335 g/mol. The van der Waals surface area contributed by atoms with E-state index in [1.54, 1.807) is 6.07 Å². The summed E-state index contributed by atoms with van der Waals surface area (Å²) in [4.78, 5) is 0. The molecule has 1 aromatic rings. The van der Waals surface area contributed by atoms with Crippen LogP contribution < -0.4 is 4.74 Å². The Balaban J connectivity index is 1.85. The lowest BCUT2D eigenvalue weighted by molar-refractivity contribution is 0.152. The van der Waals surface area contributed by atoms with E-state index in [9.17, 15) is 4.39 Å². The fraction of sp³-hybridized carbons (Fsp3) is 0.760. The van der Waals surface area contributed by atoms with Gasteiger partial charge in [0, 0.05) is 6.07 Å². The van der Waals surface area contributed by atoms with Gasteiger partial charge in [-0.3, -0.25) is 0 Å². The zero-order chi connectivity index (χ0) is 19.4. The van der Waals surface area contributed by atoms with Gasteiger partial charge in [-0.2, -0.15) is 0 Å². The van der Waals surface area contributed by atoms with Gasteiger partial charge >= 0.3 is 0 Å². The summed E-state index contributed by atoms with van der Waals surface area (Å²) in [6.45, 7) is 5.17. The highest BCUT2D eigenvalue weighted by atomic mass is 19.1. The Morgan fingerprint density at radius 3 is 2.33 bits per heavy atom. The zero-order valence-corrected chi connectivity index (χ0v) is 17.8. The van der Waals surface area contributed by atoms with Gasteiger partial charge in [-0.25, -0.2) is 4.39 Å². The van der Waals surface area contributed by atoms with E-state index >= 15 is 0 Å². The Hall–Kier alpha value is -1.05. The van der Waals surface area contributed by atoms with Gasteiger partial charge in [-0.1, -0.05) is 77.7 Å². The Kier molecular flexibility index (Phi) is 10.2. The zero-order valence-electron chi connectivity index (χ0n) is 17.8. The second-order valence-electron chi connectivity index (χ2n) is 8.68. The van der Waals surface area contributed by atoms with Crippen LogP contribution >= 0.6 is 0 Å². The number of hydrogen-bond donors (Lipinski definition) is 0. The molecule has 2 rings (SSSR count). The van der Waals surface area contributed by atoms with Gasteiger partial charge in [0.1, 0.15) is 11.6 Å².